The molecule has 0 spiro atoms. The number of carbonyl (C=O) groups is 1. The molecule has 1 amide bonds. The van der Waals surface area contributed by atoms with Gasteiger partial charge in [0.05, 0.1) is 34.4 Å². The molecule has 1 N–H and O–H groups in total. The minimum atomic E-state index is -0.462. The van der Waals surface area contributed by atoms with Gasteiger partial charge < -0.3 is 10.1 Å². The zero-order valence-corrected chi connectivity index (χ0v) is 16.0. The minimum absolute atomic E-state index is 0.0801. The number of hydrogen-bond donors (Lipinski definition) is 1. The van der Waals surface area contributed by atoms with E-state index in [2.05, 4.69) is 10.3 Å². The SMILES string of the molecule is COc1ccc(-c2ccccc2[N+](=O)[O-])c(C(=O)Nc2cccc3cccnc23)c1. The van der Waals surface area contributed by atoms with Crippen LogP contribution in [0.1, 0.15) is 10.4 Å². The zero-order valence-electron chi connectivity index (χ0n) is 16.0. The molecule has 0 saturated carbocycles. The lowest BCUT2D eigenvalue weighted by atomic mass is 9.97. The first-order valence-electron chi connectivity index (χ1n) is 9.15. The van der Waals surface area contributed by atoms with Crippen molar-refractivity contribution in [1.29, 1.82) is 0 Å². The van der Waals surface area contributed by atoms with Gasteiger partial charge in [-0.05, 0) is 36.4 Å². The maximum Gasteiger partial charge on any atom is 0.277 e. The highest BCUT2D eigenvalue weighted by Crippen LogP contribution is 2.34. The number of methoxy groups -OCH3 is 1. The maximum absolute atomic E-state index is 13.2. The second-order valence-electron chi connectivity index (χ2n) is 6.52. The predicted octanol–water partition coefficient (Wildman–Crippen LogP) is 5.07. The summed E-state index contributed by atoms with van der Waals surface area (Å²) in [6.07, 6.45) is 1.66. The Balaban J connectivity index is 1.82. The number of nitrogens with one attached hydrogen (secondary N) is 1. The third kappa shape index (κ3) is 3.56. The van der Waals surface area contributed by atoms with E-state index in [0.717, 1.165) is 5.39 Å². The number of para-hydroxylation sites is 2. The van der Waals surface area contributed by atoms with Crippen LogP contribution >= 0.6 is 0 Å². The third-order valence-electron chi connectivity index (χ3n) is 4.74. The number of benzene rings is 3. The first-order valence-corrected chi connectivity index (χ1v) is 9.15. The molecule has 1 heterocycles. The monoisotopic (exact) mass is 399 g/mol. The molecule has 7 nitrogen and oxygen atoms in total. The molecule has 0 radical (unpaired) electrons. The number of nitro benzene ring substituents is 1. The number of carbonyl (C=O) groups excluding carboxylic acids is 1. The van der Waals surface area contributed by atoms with Gasteiger partial charge in [0.1, 0.15) is 5.75 Å². The predicted molar refractivity (Wildman–Crippen MR) is 115 cm³/mol. The maximum atomic E-state index is 13.2. The van der Waals surface area contributed by atoms with E-state index >= 15 is 0 Å². The molecule has 0 fully saturated rings. The Hall–Kier alpha value is -4.26. The van der Waals surface area contributed by atoms with Crippen molar-refractivity contribution in [2.45, 2.75) is 0 Å². The van der Waals surface area contributed by atoms with Crippen LogP contribution in [0.25, 0.3) is 22.0 Å². The largest absolute Gasteiger partial charge is 0.497 e. The van der Waals surface area contributed by atoms with Gasteiger partial charge in [-0.1, -0.05) is 30.3 Å². The van der Waals surface area contributed by atoms with Crippen molar-refractivity contribution in [3.8, 4) is 16.9 Å². The highest BCUT2D eigenvalue weighted by molar-refractivity contribution is 6.12. The molecule has 30 heavy (non-hydrogen) atoms. The summed E-state index contributed by atoms with van der Waals surface area (Å²) in [6, 6.07) is 20.4. The Morgan fingerprint density at radius 1 is 1.00 bits per heavy atom. The van der Waals surface area contributed by atoms with Crippen LogP contribution in [0.3, 0.4) is 0 Å². The van der Waals surface area contributed by atoms with Gasteiger partial charge in [0, 0.05) is 23.2 Å². The summed E-state index contributed by atoms with van der Waals surface area (Å²) < 4.78 is 5.27. The van der Waals surface area contributed by atoms with Gasteiger partial charge in [-0.15, -0.1) is 0 Å². The summed E-state index contributed by atoms with van der Waals surface area (Å²) in [7, 11) is 1.50. The van der Waals surface area contributed by atoms with Gasteiger partial charge in [0.25, 0.3) is 11.6 Å². The van der Waals surface area contributed by atoms with E-state index < -0.39 is 10.8 Å². The van der Waals surface area contributed by atoms with Gasteiger partial charge in [0.2, 0.25) is 0 Å². The summed E-state index contributed by atoms with van der Waals surface area (Å²) in [5.74, 6) is 0.0544. The van der Waals surface area contributed by atoms with Crippen molar-refractivity contribution in [2.24, 2.45) is 0 Å². The normalized spacial score (nSPS) is 10.6. The second-order valence-corrected chi connectivity index (χ2v) is 6.52. The molecule has 0 bridgehead atoms. The van der Waals surface area contributed by atoms with Crippen molar-refractivity contribution in [3.63, 3.8) is 0 Å². The lowest BCUT2D eigenvalue weighted by molar-refractivity contribution is -0.384. The second kappa shape index (κ2) is 8.00. The van der Waals surface area contributed by atoms with Crippen LogP contribution < -0.4 is 10.1 Å². The molecule has 0 unspecified atom stereocenters. The summed E-state index contributed by atoms with van der Waals surface area (Å²) in [4.78, 5) is 28.6. The molecular formula is C23H17N3O4. The van der Waals surface area contributed by atoms with Crippen LogP contribution in [0.2, 0.25) is 0 Å². The highest BCUT2D eigenvalue weighted by Gasteiger charge is 2.21. The smallest absolute Gasteiger partial charge is 0.277 e. The Morgan fingerprint density at radius 2 is 1.80 bits per heavy atom. The number of anilines is 1. The number of nitro groups is 1. The molecule has 0 aliphatic carbocycles. The molecule has 1 aromatic heterocycles. The lowest BCUT2D eigenvalue weighted by Gasteiger charge is -2.13. The van der Waals surface area contributed by atoms with E-state index in [0.29, 0.717) is 28.1 Å². The minimum Gasteiger partial charge on any atom is -0.497 e. The topological polar surface area (TPSA) is 94.4 Å². The molecule has 0 atom stereocenters. The fourth-order valence-corrected chi connectivity index (χ4v) is 3.33. The van der Waals surface area contributed by atoms with Gasteiger partial charge in [0.15, 0.2) is 0 Å². The van der Waals surface area contributed by atoms with Crippen LogP contribution in [0.5, 0.6) is 5.75 Å². The third-order valence-corrected chi connectivity index (χ3v) is 4.74. The van der Waals surface area contributed by atoms with Crippen LogP contribution in [0.4, 0.5) is 11.4 Å². The van der Waals surface area contributed by atoms with Crippen molar-refractivity contribution in [2.75, 3.05) is 12.4 Å². The van der Waals surface area contributed by atoms with E-state index in [1.165, 1.54) is 13.2 Å². The summed E-state index contributed by atoms with van der Waals surface area (Å²) >= 11 is 0. The number of amides is 1. The van der Waals surface area contributed by atoms with Crippen LogP contribution in [0, 0.1) is 10.1 Å². The average Bonchev–Trinajstić information content (AvgIpc) is 2.79. The molecule has 148 valence electrons. The van der Waals surface area contributed by atoms with Crippen molar-refractivity contribution in [1.82, 2.24) is 4.98 Å². The summed E-state index contributed by atoms with van der Waals surface area (Å²) in [5, 5.41) is 15.3. The molecule has 0 aliphatic rings. The number of hydrogen-bond acceptors (Lipinski definition) is 5. The Kier molecular flexibility index (Phi) is 5.09. The molecular weight excluding hydrogens is 382 g/mol. The molecule has 0 aliphatic heterocycles. The van der Waals surface area contributed by atoms with E-state index in [4.69, 9.17) is 4.74 Å². The van der Waals surface area contributed by atoms with E-state index in [1.54, 1.807) is 48.7 Å². The van der Waals surface area contributed by atoms with Gasteiger partial charge in [-0.2, -0.15) is 0 Å². The van der Waals surface area contributed by atoms with Crippen molar-refractivity contribution < 1.29 is 14.5 Å². The van der Waals surface area contributed by atoms with Gasteiger partial charge in [-0.25, -0.2) is 0 Å². The summed E-state index contributed by atoms with van der Waals surface area (Å²) in [5.41, 5.74) is 2.18. The molecule has 4 aromatic rings. The Bertz CT molecular complexity index is 1270. The van der Waals surface area contributed by atoms with Gasteiger partial charge in [-0.3, -0.25) is 19.9 Å². The van der Waals surface area contributed by atoms with E-state index in [1.807, 2.05) is 24.3 Å². The highest BCUT2D eigenvalue weighted by atomic mass is 16.6. The van der Waals surface area contributed by atoms with Gasteiger partial charge >= 0.3 is 0 Å². The first-order chi connectivity index (χ1) is 14.6. The zero-order chi connectivity index (χ0) is 21.1. The molecule has 4 rings (SSSR count). The summed E-state index contributed by atoms with van der Waals surface area (Å²) in [6.45, 7) is 0. The number of fused-ring (bicyclic) bond motifs is 1. The number of pyridine rings is 1. The number of rotatable bonds is 5. The van der Waals surface area contributed by atoms with Crippen LogP contribution in [-0.4, -0.2) is 22.9 Å². The number of ether oxygens (including phenoxy) is 1. The standard InChI is InChI=1S/C23H17N3O4/c1-30-16-11-12-17(18-8-2-3-10-21(18)26(28)29)19(14-16)23(27)25-20-9-4-6-15-7-5-13-24-22(15)20/h2-14H,1H3,(H,25,27). The fraction of sp³-hybridized carbons (Fsp3) is 0.0435. The fourth-order valence-electron chi connectivity index (χ4n) is 3.33. The Labute approximate surface area is 172 Å². The average molecular weight is 399 g/mol. The number of nitrogens with zero attached hydrogens (tertiary/aromatic N) is 2. The quantitative estimate of drug-likeness (QED) is 0.373. The molecule has 0 saturated heterocycles. The lowest BCUT2D eigenvalue weighted by Crippen LogP contribution is -2.14. The molecule has 7 heteroatoms. The van der Waals surface area contributed by atoms with Crippen LogP contribution in [0.15, 0.2) is 79.0 Å². The molecule has 3 aromatic carbocycles. The van der Waals surface area contributed by atoms with Crippen LogP contribution in [-0.2, 0) is 0 Å². The number of aromatic nitrogens is 1. The van der Waals surface area contributed by atoms with E-state index in [9.17, 15) is 14.9 Å². The Morgan fingerprint density at radius 3 is 2.60 bits per heavy atom. The van der Waals surface area contributed by atoms with Crippen molar-refractivity contribution >= 4 is 28.2 Å². The van der Waals surface area contributed by atoms with E-state index in [-0.39, 0.29) is 11.3 Å². The first kappa shape index (κ1) is 19.1. The van der Waals surface area contributed by atoms with Crippen molar-refractivity contribution in [3.05, 3.63) is 94.7 Å².